The minimum Gasteiger partial charge on any atom is -0.310 e. The maximum Gasteiger partial charge on any atom is 0.0708 e. The van der Waals surface area contributed by atoms with E-state index in [-0.39, 0.29) is 0 Å². The van der Waals surface area contributed by atoms with E-state index in [1.54, 1.807) is 0 Å². The highest BCUT2D eigenvalue weighted by molar-refractivity contribution is 5.93. The van der Waals surface area contributed by atoms with Gasteiger partial charge in [-0.1, -0.05) is 225 Å². The van der Waals surface area contributed by atoms with Crippen LogP contribution in [0.4, 0.5) is 17.1 Å². The molecule has 0 aromatic heterocycles. The normalized spacial score (nSPS) is 14.1. The van der Waals surface area contributed by atoms with Crippen LogP contribution in [0.5, 0.6) is 0 Å². The molecule has 1 nitrogen and oxygen atoms in total. The summed E-state index contributed by atoms with van der Waals surface area (Å²) in [5.41, 5.74) is 19.0. The van der Waals surface area contributed by atoms with Gasteiger partial charge in [-0.15, -0.1) is 0 Å². The number of anilines is 3. The highest BCUT2D eigenvalue weighted by Crippen LogP contribution is 2.58. The molecule has 0 radical (unpaired) electrons. The lowest BCUT2D eigenvalue weighted by atomic mass is 9.67. The quantitative estimate of drug-likeness (QED) is 0.118. The van der Waals surface area contributed by atoms with E-state index in [9.17, 15) is 0 Å². The fraction of sp³-hybridized carbons (Fsp3) is 0.0323. The molecule has 0 saturated carbocycles. The Hall–Kier alpha value is -8.00. The van der Waals surface area contributed by atoms with Crippen LogP contribution in [0.15, 0.2) is 267 Å². The third-order valence-electron chi connectivity index (χ3n) is 12.5. The van der Waals surface area contributed by atoms with E-state index in [0.717, 1.165) is 33.8 Å². The predicted molar refractivity (Wildman–Crippen MR) is 268 cm³/mol. The van der Waals surface area contributed by atoms with Crippen molar-refractivity contribution in [3.05, 3.63) is 284 Å². The van der Waals surface area contributed by atoms with E-state index in [0.29, 0.717) is 0 Å². The van der Waals surface area contributed by atoms with Crippen LogP contribution in [0, 0.1) is 0 Å². The molecule has 63 heavy (non-hydrogen) atoms. The van der Waals surface area contributed by atoms with Gasteiger partial charge in [0.2, 0.25) is 0 Å². The third kappa shape index (κ3) is 7.24. The Morgan fingerprint density at radius 2 is 0.841 bits per heavy atom. The van der Waals surface area contributed by atoms with Gasteiger partial charge in [0.15, 0.2) is 0 Å². The Bertz CT molecular complexity index is 3090. The lowest BCUT2D eigenvalue weighted by Gasteiger charge is -2.35. The second kappa shape index (κ2) is 17.2. The van der Waals surface area contributed by atoms with Gasteiger partial charge in [-0.25, -0.2) is 0 Å². The first-order chi connectivity index (χ1) is 31.1. The van der Waals surface area contributed by atoms with Crippen molar-refractivity contribution in [2.24, 2.45) is 0 Å². The van der Waals surface area contributed by atoms with E-state index in [4.69, 9.17) is 6.58 Å². The number of nitrogens with zero attached hydrogens (tertiary/aromatic N) is 1. The lowest BCUT2D eigenvalue weighted by molar-refractivity contribution is 0.770. The number of benzene rings is 9. The summed E-state index contributed by atoms with van der Waals surface area (Å²) >= 11 is 0. The van der Waals surface area contributed by atoms with Crippen molar-refractivity contribution in [3.8, 4) is 55.6 Å². The zero-order valence-electron chi connectivity index (χ0n) is 35.4. The molecule has 0 saturated heterocycles. The summed E-state index contributed by atoms with van der Waals surface area (Å²) in [6, 6.07) is 83.6. The zero-order valence-corrected chi connectivity index (χ0v) is 35.4. The van der Waals surface area contributed by atoms with Crippen molar-refractivity contribution in [3.63, 3.8) is 0 Å². The first-order valence-corrected chi connectivity index (χ1v) is 21.7. The minimum absolute atomic E-state index is 0.693. The smallest absolute Gasteiger partial charge is 0.0708 e. The van der Waals surface area contributed by atoms with Gasteiger partial charge in [-0.2, -0.15) is 0 Å². The largest absolute Gasteiger partial charge is 0.310 e. The molecule has 1 aliphatic rings. The molecular weight excluding hydrogens is 759 g/mol. The van der Waals surface area contributed by atoms with Crippen LogP contribution in [-0.4, -0.2) is 0 Å². The SMILES string of the molecule is C=C(/C=C\C=C/C)[C@@]1(c2ccccc2)c2cc(-c3ccc(-c4ccccc4)cc3)ccc2-c2ccc(N(c3ccc(-c4ccccc4)cc3)c3ccccc3-c3ccccc3)cc21. The first-order valence-electron chi connectivity index (χ1n) is 21.7. The van der Waals surface area contributed by atoms with Gasteiger partial charge in [-0.3, -0.25) is 0 Å². The molecular formula is C62H47N. The molecule has 0 aliphatic heterocycles. The molecule has 1 heteroatoms. The average molecular weight is 806 g/mol. The molecule has 300 valence electrons. The van der Waals surface area contributed by atoms with Gasteiger partial charge in [0, 0.05) is 16.9 Å². The predicted octanol–water partition coefficient (Wildman–Crippen LogP) is 16.8. The molecule has 0 heterocycles. The first kappa shape index (κ1) is 39.2. The standard InChI is InChI=1S/C62H47N/c1-3-4-9-20-45(2)62(53-27-16-8-17-28-53)59-43-52(50-33-31-48(32-34-50)46-21-10-5-11-22-46)37-41-57(59)58-42-40-55(44-60(58)62)63(54-38-35-49(36-39-54)47-23-12-6-13-24-47)61-30-19-18-29-56(61)51-25-14-7-15-26-51/h3-44H,2H2,1H3/b4-3-,20-9-/t62-/m1/s1. The maximum atomic E-state index is 4.95. The van der Waals surface area contributed by atoms with Crippen molar-refractivity contribution < 1.29 is 0 Å². The van der Waals surface area contributed by atoms with Crippen LogP contribution in [0.2, 0.25) is 0 Å². The van der Waals surface area contributed by atoms with Gasteiger partial charge in [0.25, 0.3) is 0 Å². The van der Waals surface area contributed by atoms with Gasteiger partial charge >= 0.3 is 0 Å². The fourth-order valence-electron chi connectivity index (χ4n) is 9.45. The van der Waals surface area contributed by atoms with Crippen LogP contribution in [0.25, 0.3) is 55.6 Å². The van der Waals surface area contributed by atoms with Crippen molar-refractivity contribution in [1.82, 2.24) is 0 Å². The van der Waals surface area contributed by atoms with E-state index < -0.39 is 5.41 Å². The van der Waals surface area contributed by atoms with E-state index in [1.807, 2.05) is 0 Å². The summed E-state index contributed by atoms with van der Waals surface area (Å²) in [6.45, 7) is 7.00. The molecule has 0 spiro atoms. The second-order valence-corrected chi connectivity index (χ2v) is 16.1. The Morgan fingerprint density at radius 3 is 1.44 bits per heavy atom. The molecule has 1 aliphatic carbocycles. The monoisotopic (exact) mass is 805 g/mol. The van der Waals surface area contributed by atoms with Gasteiger partial charge in [-0.05, 0) is 116 Å². The number of hydrogen-bond acceptors (Lipinski definition) is 1. The Labute approximate surface area is 371 Å². The number of rotatable bonds is 11. The van der Waals surface area contributed by atoms with Crippen molar-refractivity contribution in [2.45, 2.75) is 12.3 Å². The summed E-state index contributed by atoms with van der Waals surface area (Å²) in [7, 11) is 0. The second-order valence-electron chi connectivity index (χ2n) is 16.1. The van der Waals surface area contributed by atoms with Crippen LogP contribution >= 0.6 is 0 Å². The average Bonchev–Trinajstić information content (AvgIpc) is 3.65. The maximum absolute atomic E-state index is 4.95. The van der Waals surface area contributed by atoms with Crippen molar-refractivity contribution >= 4 is 17.1 Å². The molecule has 0 amide bonds. The van der Waals surface area contributed by atoms with Crippen LogP contribution in [-0.2, 0) is 5.41 Å². The molecule has 1 atom stereocenters. The molecule has 9 aromatic rings. The molecule has 0 fully saturated rings. The van der Waals surface area contributed by atoms with Crippen LogP contribution < -0.4 is 4.90 Å². The van der Waals surface area contributed by atoms with Gasteiger partial charge in [0.1, 0.15) is 0 Å². The number of fused-ring (bicyclic) bond motifs is 3. The zero-order chi connectivity index (χ0) is 42.6. The third-order valence-corrected chi connectivity index (χ3v) is 12.5. The summed E-state index contributed by atoms with van der Waals surface area (Å²) in [6.07, 6.45) is 8.47. The molecule has 0 bridgehead atoms. The highest BCUT2D eigenvalue weighted by atomic mass is 15.1. The van der Waals surface area contributed by atoms with Crippen molar-refractivity contribution in [2.75, 3.05) is 4.90 Å². The van der Waals surface area contributed by atoms with Crippen molar-refractivity contribution in [1.29, 1.82) is 0 Å². The Balaban J connectivity index is 1.19. The highest BCUT2D eigenvalue weighted by Gasteiger charge is 2.46. The summed E-state index contributed by atoms with van der Waals surface area (Å²) in [5, 5.41) is 0. The molecule has 9 aromatic carbocycles. The number of allylic oxidation sites excluding steroid dienone is 5. The lowest BCUT2D eigenvalue weighted by Crippen LogP contribution is -2.29. The number of para-hydroxylation sites is 1. The Morgan fingerprint density at radius 1 is 0.397 bits per heavy atom. The van der Waals surface area contributed by atoms with E-state index in [1.165, 1.54) is 61.2 Å². The topological polar surface area (TPSA) is 3.24 Å². The van der Waals surface area contributed by atoms with Gasteiger partial charge < -0.3 is 4.90 Å². The number of hydrogen-bond donors (Lipinski definition) is 0. The fourth-order valence-corrected chi connectivity index (χ4v) is 9.45. The summed E-state index contributed by atoms with van der Waals surface area (Å²) in [4.78, 5) is 2.42. The van der Waals surface area contributed by atoms with Crippen LogP contribution in [0.3, 0.4) is 0 Å². The molecule has 0 unspecified atom stereocenters. The molecule has 10 rings (SSSR count). The summed E-state index contributed by atoms with van der Waals surface area (Å²) < 4.78 is 0. The van der Waals surface area contributed by atoms with E-state index in [2.05, 4.69) is 267 Å². The molecule has 0 N–H and O–H groups in total. The van der Waals surface area contributed by atoms with Gasteiger partial charge in [0.05, 0.1) is 11.1 Å². The Kier molecular flexibility index (Phi) is 10.7. The van der Waals surface area contributed by atoms with E-state index >= 15 is 0 Å². The minimum atomic E-state index is -0.693. The van der Waals surface area contributed by atoms with Crippen LogP contribution in [0.1, 0.15) is 23.6 Å². The summed E-state index contributed by atoms with van der Waals surface area (Å²) in [5.74, 6) is 0.